The Hall–Kier alpha value is -3.52. The number of carbonyl (C=O) groups is 5. The van der Waals surface area contributed by atoms with Crippen LogP contribution in [0.15, 0.2) is 12.5 Å². The van der Waals surface area contributed by atoms with Crippen LogP contribution in [0.1, 0.15) is 25.5 Å². The summed E-state index contributed by atoms with van der Waals surface area (Å²) in [6.07, 6.45) is 1.19. The number of imidazole rings is 1. The van der Waals surface area contributed by atoms with Gasteiger partial charge in [-0.15, -0.1) is 0 Å². The largest absolute Gasteiger partial charge is 0.480 e. The second-order valence-electron chi connectivity index (χ2n) is 6.80. The van der Waals surface area contributed by atoms with Gasteiger partial charge in [-0.05, 0) is 13.3 Å². The molecule has 1 rings (SSSR count). The molecular weight excluding hydrogens is 414 g/mol. The van der Waals surface area contributed by atoms with E-state index in [9.17, 15) is 29.1 Å². The number of carboxylic acids is 1. The maximum absolute atomic E-state index is 12.4. The predicted octanol–water partition coefficient (Wildman–Crippen LogP) is -3.90. The molecule has 4 amide bonds. The molecule has 0 aliphatic heterocycles. The molecule has 1 aromatic heterocycles. The van der Waals surface area contributed by atoms with Gasteiger partial charge >= 0.3 is 5.97 Å². The minimum absolute atomic E-state index is 0.160. The van der Waals surface area contributed by atoms with E-state index in [-0.39, 0.29) is 19.3 Å². The van der Waals surface area contributed by atoms with Crippen LogP contribution in [0.5, 0.6) is 0 Å². The number of amides is 4. The fourth-order valence-corrected chi connectivity index (χ4v) is 2.47. The van der Waals surface area contributed by atoms with Crippen LogP contribution in [0.3, 0.4) is 0 Å². The topological polar surface area (TPSA) is 243 Å². The third-order valence-electron chi connectivity index (χ3n) is 4.13. The van der Waals surface area contributed by atoms with E-state index in [1.165, 1.54) is 12.5 Å². The number of nitrogens with two attached hydrogens (primary N) is 2. The first-order valence-electron chi connectivity index (χ1n) is 9.30. The number of aliphatic hydroxyl groups excluding tert-OH is 1. The number of carboxylic acid groups (broad SMARTS) is 1. The first-order valence-corrected chi connectivity index (χ1v) is 9.30. The zero-order valence-corrected chi connectivity index (χ0v) is 16.8. The molecular formula is C17H27N7O7. The lowest BCUT2D eigenvalue weighted by atomic mass is 10.1. The Kier molecular flexibility index (Phi) is 10.1. The average molecular weight is 441 g/mol. The van der Waals surface area contributed by atoms with Crippen molar-refractivity contribution >= 4 is 29.6 Å². The molecule has 14 heteroatoms. The van der Waals surface area contributed by atoms with Crippen molar-refractivity contribution in [3.63, 3.8) is 0 Å². The lowest BCUT2D eigenvalue weighted by molar-refractivity contribution is -0.145. The fraction of sp³-hybridized carbons (Fsp3) is 0.529. The molecule has 4 unspecified atom stereocenters. The molecule has 0 aliphatic rings. The number of hydrogen-bond acceptors (Lipinski definition) is 8. The van der Waals surface area contributed by atoms with Crippen LogP contribution in [-0.4, -0.2) is 80.6 Å². The van der Waals surface area contributed by atoms with Crippen LogP contribution in [-0.2, 0) is 30.4 Å². The number of nitrogens with one attached hydrogen (secondary N) is 4. The normalized spacial score (nSPS) is 14.5. The highest BCUT2D eigenvalue weighted by atomic mass is 16.4. The number of aromatic nitrogens is 2. The Labute approximate surface area is 177 Å². The first-order chi connectivity index (χ1) is 14.5. The summed E-state index contributed by atoms with van der Waals surface area (Å²) in [4.78, 5) is 65.3. The van der Waals surface area contributed by atoms with Crippen molar-refractivity contribution in [2.24, 2.45) is 11.5 Å². The Morgan fingerprint density at radius 2 is 1.87 bits per heavy atom. The highest BCUT2D eigenvalue weighted by Gasteiger charge is 2.29. The van der Waals surface area contributed by atoms with Crippen molar-refractivity contribution in [2.45, 2.75) is 50.4 Å². The van der Waals surface area contributed by atoms with Crippen LogP contribution in [0.25, 0.3) is 0 Å². The maximum Gasteiger partial charge on any atom is 0.328 e. The van der Waals surface area contributed by atoms with E-state index < -0.39 is 60.4 Å². The molecule has 0 bridgehead atoms. The van der Waals surface area contributed by atoms with Gasteiger partial charge in [-0.25, -0.2) is 9.78 Å². The number of primary amides is 1. The van der Waals surface area contributed by atoms with Crippen molar-refractivity contribution in [3.05, 3.63) is 18.2 Å². The maximum atomic E-state index is 12.4. The number of H-pyrrole nitrogens is 1. The quantitative estimate of drug-likeness (QED) is 0.149. The van der Waals surface area contributed by atoms with Gasteiger partial charge in [0.1, 0.15) is 6.04 Å². The molecule has 1 heterocycles. The summed E-state index contributed by atoms with van der Waals surface area (Å²) in [6, 6.07) is -3.90. The van der Waals surface area contributed by atoms with E-state index in [2.05, 4.69) is 25.9 Å². The van der Waals surface area contributed by atoms with Crippen molar-refractivity contribution in [3.8, 4) is 0 Å². The second-order valence-corrected chi connectivity index (χ2v) is 6.80. The van der Waals surface area contributed by atoms with Gasteiger partial charge in [-0.2, -0.15) is 0 Å². The number of aliphatic carboxylic acids is 1. The molecule has 0 aliphatic carbocycles. The van der Waals surface area contributed by atoms with Crippen LogP contribution >= 0.6 is 0 Å². The summed E-state index contributed by atoms with van der Waals surface area (Å²) < 4.78 is 0. The Bertz CT molecular complexity index is 782. The van der Waals surface area contributed by atoms with E-state index in [0.29, 0.717) is 5.69 Å². The van der Waals surface area contributed by atoms with Crippen molar-refractivity contribution in [1.29, 1.82) is 0 Å². The highest BCUT2D eigenvalue weighted by molar-refractivity contribution is 5.93. The summed E-state index contributed by atoms with van der Waals surface area (Å²) in [6.45, 7) is 0.646. The van der Waals surface area contributed by atoms with Crippen molar-refractivity contribution in [1.82, 2.24) is 25.9 Å². The van der Waals surface area contributed by atoms with Crippen LogP contribution in [0.4, 0.5) is 0 Å². The van der Waals surface area contributed by atoms with Gasteiger partial charge in [0.05, 0.1) is 25.0 Å². The smallest absolute Gasteiger partial charge is 0.328 e. The molecule has 10 N–H and O–H groups in total. The standard InChI is InChI=1S/C17H27N7O7/c1-8(25)14(17(30)31)24-16(29)11(2-3-12(19)26)23-13(27)6-21-15(28)10(18)4-9-5-20-7-22-9/h5,7-8,10-11,14,25H,2-4,6,18H2,1H3,(H2,19,26)(H,20,22)(H,21,28)(H,23,27)(H,24,29)(H,30,31). The van der Waals surface area contributed by atoms with E-state index in [0.717, 1.165) is 6.92 Å². The first kappa shape index (κ1) is 25.5. The molecule has 0 radical (unpaired) electrons. The molecule has 0 spiro atoms. The third-order valence-corrected chi connectivity index (χ3v) is 4.13. The minimum Gasteiger partial charge on any atom is -0.480 e. The Morgan fingerprint density at radius 1 is 1.19 bits per heavy atom. The molecule has 0 aromatic carbocycles. The SMILES string of the molecule is CC(O)C(NC(=O)C(CCC(N)=O)NC(=O)CNC(=O)C(N)Cc1cnc[nH]1)C(=O)O. The van der Waals surface area contributed by atoms with Crippen LogP contribution in [0, 0.1) is 0 Å². The summed E-state index contributed by atoms with van der Waals surface area (Å²) >= 11 is 0. The number of rotatable bonds is 13. The monoisotopic (exact) mass is 441 g/mol. The predicted molar refractivity (Wildman–Crippen MR) is 105 cm³/mol. The Morgan fingerprint density at radius 3 is 2.39 bits per heavy atom. The molecule has 14 nitrogen and oxygen atoms in total. The average Bonchev–Trinajstić information content (AvgIpc) is 3.19. The highest BCUT2D eigenvalue weighted by Crippen LogP contribution is 2.01. The fourth-order valence-electron chi connectivity index (χ4n) is 2.47. The zero-order chi connectivity index (χ0) is 23.6. The van der Waals surface area contributed by atoms with E-state index >= 15 is 0 Å². The number of aromatic amines is 1. The van der Waals surface area contributed by atoms with Crippen LogP contribution < -0.4 is 27.4 Å². The van der Waals surface area contributed by atoms with Gasteiger partial charge in [0.15, 0.2) is 6.04 Å². The number of nitrogens with zero attached hydrogens (tertiary/aromatic N) is 1. The molecule has 31 heavy (non-hydrogen) atoms. The summed E-state index contributed by atoms with van der Waals surface area (Å²) in [7, 11) is 0. The van der Waals surface area contributed by atoms with Gasteiger partial charge in [0, 0.05) is 24.7 Å². The number of carbonyl (C=O) groups excluding carboxylic acids is 4. The van der Waals surface area contributed by atoms with Crippen molar-refractivity contribution in [2.75, 3.05) is 6.54 Å². The summed E-state index contributed by atoms with van der Waals surface area (Å²) in [5.74, 6) is -4.57. The Balaban J connectivity index is 2.65. The molecule has 0 saturated heterocycles. The zero-order valence-electron chi connectivity index (χ0n) is 16.8. The van der Waals surface area contributed by atoms with Gasteiger partial charge in [-0.1, -0.05) is 0 Å². The third kappa shape index (κ3) is 9.22. The molecule has 0 saturated carbocycles. The number of aliphatic hydroxyl groups is 1. The molecule has 172 valence electrons. The van der Waals surface area contributed by atoms with E-state index in [1.54, 1.807) is 0 Å². The van der Waals surface area contributed by atoms with Crippen LogP contribution in [0.2, 0.25) is 0 Å². The van der Waals surface area contributed by atoms with E-state index in [4.69, 9.17) is 16.6 Å². The van der Waals surface area contributed by atoms with Gasteiger partial charge in [0.25, 0.3) is 0 Å². The number of hydrogen-bond donors (Lipinski definition) is 8. The van der Waals surface area contributed by atoms with E-state index in [1.807, 2.05) is 0 Å². The second kappa shape index (κ2) is 12.2. The molecule has 1 aromatic rings. The lowest BCUT2D eigenvalue weighted by Crippen LogP contribution is -2.56. The van der Waals surface area contributed by atoms with Gasteiger partial charge < -0.3 is 42.6 Å². The van der Waals surface area contributed by atoms with Crippen molar-refractivity contribution < 1.29 is 34.2 Å². The van der Waals surface area contributed by atoms with Gasteiger partial charge in [0.2, 0.25) is 23.6 Å². The summed E-state index contributed by atoms with van der Waals surface area (Å²) in [5, 5.41) is 25.2. The summed E-state index contributed by atoms with van der Waals surface area (Å²) in [5.41, 5.74) is 11.4. The minimum atomic E-state index is -1.62. The lowest BCUT2D eigenvalue weighted by Gasteiger charge is -2.22. The molecule has 0 fully saturated rings. The van der Waals surface area contributed by atoms with Gasteiger partial charge in [-0.3, -0.25) is 19.2 Å². The molecule has 4 atom stereocenters.